The first-order valence-corrected chi connectivity index (χ1v) is 5.61. The molecule has 0 saturated heterocycles. The zero-order chi connectivity index (χ0) is 12.3. The van der Waals surface area contributed by atoms with Gasteiger partial charge < -0.3 is 20.5 Å². The van der Waals surface area contributed by atoms with Gasteiger partial charge >= 0.3 is 0 Å². The van der Waals surface area contributed by atoms with Gasteiger partial charge in [0.1, 0.15) is 13.2 Å². The number of hydrogen-bond acceptors (Lipinski definition) is 4. The van der Waals surface area contributed by atoms with Crippen molar-refractivity contribution in [3.63, 3.8) is 0 Å². The number of nitrogens with two attached hydrogens (primary N) is 1. The van der Waals surface area contributed by atoms with E-state index >= 15 is 0 Å². The lowest BCUT2D eigenvalue weighted by molar-refractivity contribution is -0.116. The maximum atomic E-state index is 11.5. The van der Waals surface area contributed by atoms with Crippen molar-refractivity contribution in [2.45, 2.75) is 13.3 Å². The second kappa shape index (κ2) is 5.05. The average molecular weight is 236 g/mol. The van der Waals surface area contributed by atoms with Gasteiger partial charge in [-0.15, -0.1) is 0 Å². The van der Waals surface area contributed by atoms with E-state index < -0.39 is 0 Å². The summed E-state index contributed by atoms with van der Waals surface area (Å²) in [6, 6.07) is 3.66. The predicted molar refractivity (Wildman–Crippen MR) is 64.5 cm³/mol. The van der Waals surface area contributed by atoms with Crippen molar-refractivity contribution < 1.29 is 14.3 Å². The van der Waals surface area contributed by atoms with E-state index in [0.29, 0.717) is 31.9 Å². The fourth-order valence-corrected chi connectivity index (χ4v) is 1.67. The molecule has 92 valence electrons. The second-order valence-electron chi connectivity index (χ2n) is 3.90. The van der Waals surface area contributed by atoms with Crippen molar-refractivity contribution in [1.29, 1.82) is 0 Å². The lowest BCUT2D eigenvalue weighted by Gasteiger charge is -2.20. The molecule has 1 aromatic rings. The first kappa shape index (κ1) is 11.7. The molecule has 1 aliphatic rings. The van der Waals surface area contributed by atoms with Crippen LogP contribution in [0, 0.1) is 6.92 Å². The van der Waals surface area contributed by atoms with Crippen LogP contribution in [0.4, 0.5) is 5.69 Å². The summed E-state index contributed by atoms with van der Waals surface area (Å²) in [4.78, 5) is 11.5. The van der Waals surface area contributed by atoms with E-state index in [9.17, 15) is 4.79 Å². The summed E-state index contributed by atoms with van der Waals surface area (Å²) in [5.41, 5.74) is 7.01. The Kier molecular flexibility index (Phi) is 3.49. The number of fused-ring (bicyclic) bond motifs is 1. The molecule has 0 fully saturated rings. The molecule has 2 rings (SSSR count). The minimum absolute atomic E-state index is 0.0905. The van der Waals surface area contributed by atoms with Gasteiger partial charge in [0.15, 0.2) is 11.5 Å². The van der Waals surface area contributed by atoms with Gasteiger partial charge in [-0.25, -0.2) is 0 Å². The van der Waals surface area contributed by atoms with Crippen LogP contribution in [0.5, 0.6) is 11.5 Å². The Morgan fingerprint density at radius 2 is 2.00 bits per heavy atom. The number of ether oxygens (including phenoxy) is 2. The Morgan fingerprint density at radius 3 is 2.65 bits per heavy atom. The van der Waals surface area contributed by atoms with Crippen molar-refractivity contribution in [1.82, 2.24) is 0 Å². The van der Waals surface area contributed by atoms with Crippen molar-refractivity contribution in [2.24, 2.45) is 5.73 Å². The number of rotatable bonds is 3. The van der Waals surface area contributed by atoms with Crippen molar-refractivity contribution in [3.05, 3.63) is 17.7 Å². The average Bonchev–Trinajstić information content (AvgIpc) is 2.30. The molecule has 0 atom stereocenters. The summed E-state index contributed by atoms with van der Waals surface area (Å²) in [5.74, 6) is 1.31. The number of aryl methyl sites for hydroxylation is 1. The van der Waals surface area contributed by atoms with Crippen LogP contribution >= 0.6 is 0 Å². The highest BCUT2D eigenvalue weighted by Gasteiger charge is 2.15. The van der Waals surface area contributed by atoms with Crippen LogP contribution in [0.3, 0.4) is 0 Å². The van der Waals surface area contributed by atoms with Crippen molar-refractivity contribution in [2.75, 3.05) is 25.1 Å². The van der Waals surface area contributed by atoms with E-state index in [1.807, 2.05) is 13.0 Å². The molecular formula is C12H16N2O3. The molecule has 0 bridgehead atoms. The summed E-state index contributed by atoms with van der Waals surface area (Å²) in [7, 11) is 0. The molecule has 0 saturated carbocycles. The van der Waals surface area contributed by atoms with E-state index in [4.69, 9.17) is 15.2 Å². The number of hydrogen-bond donors (Lipinski definition) is 2. The number of amides is 1. The number of nitrogens with one attached hydrogen (secondary N) is 1. The van der Waals surface area contributed by atoms with Crippen LogP contribution in [0.25, 0.3) is 0 Å². The van der Waals surface area contributed by atoms with Gasteiger partial charge in [0.05, 0.1) is 0 Å². The topological polar surface area (TPSA) is 73.6 Å². The van der Waals surface area contributed by atoms with Crippen LogP contribution in [0.1, 0.15) is 12.0 Å². The molecule has 17 heavy (non-hydrogen) atoms. The van der Waals surface area contributed by atoms with E-state index in [0.717, 1.165) is 17.0 Å². The summed E-state index contributed by atoms with van der Waals surface area (Å²) in [5, 5.41) is 2.81. The third-order valence-electron chi connectivity index (χ3n) is 2.53. The number of anilines is 1. The number of carbonyl (C=O) groups excluding carboxylic acids is 1. The fourth-order valence-electron chi connectivity index (χ4n) is 1.67. The Balaban J connectivity index is 2.19. The highest BCUT2D eigenvalue weighted by molar-refractivity contribution is 5.92. The Morgan fingerprint density at radius 1 is 1.35 bits per heavy atom. The standard InChI is InChI=1S/C12H16N2O3/c1-8-6-10-11(17-5-4-16-10)7-9(8)14-12(15)2-3-13/h6-7H,2-5,13H2,1H3,(H,14,15). The number of carbonyl (C=O) groups is 1. The van der Waals surface area contributed by atoms with Crippen LogP contribution in [0.15, 0.2) is 12.1 Å². The van der Waals surface area contributed by atoms with Gasteiger partial charge in [0.2, 0.25) is 5.91 Å². The van der Waals surface area contributed by atoms with E-state index in [1.165, 1.54) is 0 Å². The fraction of sp³-hybridized carbons (Fsp3) is 0.417. The molecule has 0 spiro atoms. The molecule has 0 aliphatic carbocycles. The molecule has 5 heteroatoms. The molecule has 5 nitrogen and oxygen atoms in total. The Hall–Kier alpha value is -1.75. The van der Waals surface area contributed by atoms with Crippen molar-refractivity contribution in [3.8, 4) is 11.5 Å². The predicted octanol–water partition coefficient (Wildman–Crippen LogP) is 1.05. The molecule has 0 aromatic heterocycles. The quantitative estimate of drug-likeness (QED) is 0.822. The van der Waals surface area contributed by atoms with Gasteiger partial charge in [0, 0.05) is 24.7 Å². The molecule has 1 heterocycles. The van der Waals surface area contributed by atoms with E-state index in [1.54, 1.807) is 6.07 Å². The van der Waals surface area contributed by atoms with Gasteiger partial charge in [0.25, 0.3) is 0 Å². The molecular weight excluding hydrogens is 220 g/mol. The van der Waals surface area contributed by atoms with Crippen LogP contribution in [-0.4, -0.2) is 25.7 Å². The molecule has 1 aromatic carbocycles. The SMILES string of the molecule is Cc1cc2c(cc1NC(=O)CCN)OCCO2. The minimum Gasteiger partial charge on any atom is -0.486 e. The van der Waals surface area contributed by atoms with Crippen LogP contribution in [-0.2, 0) is 4.79 Å². The normalized spacial score (nSPS) is 13.3. The van der Waals surface area contributed by atoms with E-state index in [2.05, 4.69) is 5.32 Å². The molecule has 0 radical (unpaired) electrons. The van der Waals surface area contributed by atoms with E-state index in [-0.39, 0.29) is 5.91 Å². The summed E-state index contributed by atoms with van der Waals surface area (Å²) in [6.45, 7) is 3.35. The minimum atomic E-state index is -0.0905. The zero-order valence-corrected chi connectivity index (χ0v) is 9.79. The Labute approximate surface area is 99.9 Å². The van der Waals surface area contributed by atoms with Crippen LogP contribution < -0.4 is 20.5 Å². The second-order valence-corrected chi connectivity index (χ2v) is 3.90. The molecule has 1 amide bonds. The van der Waals surface area contributed by atoms with Crippen LogP contribution in [0.2, 0.25) is 0 Å². The van der Waals surface area contributed by atoms with Crippen molar-refractivity contribution >= 4 is 11.6 Å². The first-order valence-electron chi connectivity index (χ1n) is 5.61. The highest BCUT2D eigenvalue weighted by atomic mass is 16.6. The third-order valence-corrected chi connectivity index (χ3v) is 2.53. The summed E-state index contributed by atoms with van der Waals surface area (Å²) < 4.78 is 10.9. The monoisotopic (exact) mass is 236 g/mol. The third kappa shape index (κ3) is 2.68. The summed E-state index contributed by atoms with van der Waals surface area (Å²) >= 11 is 0. The lowest BCUT2D eigenvalue weighted by atomic mass is 10.1. The molecule has 3 N–H and O–H groups in total. The number of benzene rings is 1. The van der Waals surface area contributed by atoms with Gasteiger partial charge in [-0.05, 0) is 18.6 Å². The largest absolute Gasteiger partial charge is 0.486 e. The smallest absolute Gasteiger partial charge is 0.225 e. The highest BCUT2D eigenvalue weighted by Crippen LogP contribution is 2.35. The first-order chi connectivity index (χ1) is 8.20. The maximum Gasteiger partial charge on any atom is 0.225 e. The molecule has 1 aliphatic heterocycles. The maximum absolute atomic E-state index is 11.5. The lowest BCUT2D eigenvalue weighted by Crippen LogP contribution is -2.18. The van der Waals surface area contributed by atoms with Gasteiger partial charge in [-0.3, -0.25) is 4.79 Å². The molecule has 0 unspecified atom stereocenters. The summed E-state index contributed by atoms with van der Waals surface area (Å²) in [6.07, 6.45) is 0.313. The zero-order valence-electron chi connectivity index (χ0n) is 9.79. The Bertz CT molecular complexity index is 432. The van der Waals surface area contributed by atoms with Gasteiger partial charge in [-0.1, -0.05) is 0 Å². The van der Waals surface area contributed by atoms with Gasteiger partial charge in [-0.2, -0.15) is 0 Å².